The molecule has 0 spiro atoms. The number of rotatable bonds is 5. The molecule has 0 saturated carbocycles. The lowest BCUT2D eigenvalue weighted by Crippen LogP contribution is -2.43. The Bertz CT molecular complexity index is 904. The Balaban J connectivity index is 1.50. The molecule has 0 amide bonds. The molecule has 140 valence electrons. The average molecular weight is 369 g/mol. The summed E-state index contributed by atoms with van der Waals surface area (Å²) in [5.74, 6) is 0.917. The van der Waals surface area contributed by atoms with E-state index in [0.717, 1.165) is 12.2 Å². The van der Waals surface area contributed by atoms with E-state index in [0.29, 0.717) is 36.7 Å². The van der Waals surface area contributed by atoms with Crippen LogP contribution in [0.3, 0.4) is 0 Å². The summed E-state index contributed by atoms with van der Waals surface area (Å²) >= 11 is 0. The van der Waals surface area contributed by atoms with Gasteiger partial charge in [0.15, 0.2) is 0 Å². The summed E-state index contributed by atoms with van der Waals surface area (Å²) < 4.78 is 26.1. The first-order valence-corrected chi connectivity index (χ1v) is 8.82. The monoisotopic (exact) mass is 369 g/mol. The second-order valence-corrected chi connectivity index (χ2v) is 6.62. The van der Waals surface area contributed by atoms with Gasteiger partial charge in [-0.2, -0.15) is 4.98 Å². The van der Waals surface area contributed by atoms with Crippen molar-refractivity contribution in [1.29, 1.82) is 0 Å². The summed E-state index contributed by atoms with van der Waals surface area (Å²) in [6.07, 6.45) is 4.34. The lowest BCUT2D eigenvalue weighted by Gasteiger charge is -2.34. The van der Waals surface area contributed by atoms with Gasteiger partial charge in [0.05, 0.1) is 12.8 Å². The van der Waals surface area contributed by atoms with Crippen molar-refractivity contribution in [3.05, 3.63) is 54.3 Å². The molecule has 1 fully saturated rings. The number of piperidine rings is 1. The fourth-order valence-corrected chi connectivity index (χ4v) is 3.31. The maximum absolute atomic E-state index is 15.6. The van der Waals surface area contributed by atoms with Crippen LogP contribution in [0.5, 0.6) is 5.88 Å². The predicted octanol–water partition coefficient (Wildman–Crippen LogP) is 3.00. The van der Waals surface area contributed by atoms with Crippen molar-refractivity contribution in [1.82, 2.24) is 25.0 Å². The van der Waals surface area contributed by atoms with Crippen LogP contribution in [0.25, 0.3) is 11.4 Å². The number of hydrogen-bond acceptors (Lipinski definition) is 7. The molecule has 1 unspecified atom stereocenters. The number of aromatic nitrogens is 4. The topological polar surface area (TPSA) is 77.2 Å². The molecule has 0 N–H and O–H groups in total. The summed E-state index contributed by atoms with van der Waals surface area (Å²) in [6.45, 7) is 1.50. The molecule has 8 heteroatoms. The van der Waals surface area contributed by atoms with Gasteiger partial charge in [-0.1, -0.05) is 11.2 Å². The first-order valence-electron chi connectivity index (χ1n) is 8.82. The standard InChI is InChI=1S/C19H20FN5O2/c1-26-16-7-2-6-15(22-16)12-25-10-4-8-19(20,13-25)18-23-17(24-27-18)14-5-3-9-21-11-14/h2-3,5-7,9,11H,4,8,10,12-13H2,1H3. The molecule has 1 aliphatic rings. The quantitative estimate of drug-likeness (QED) is 0.684. The van der Waals surface area contributed by atoms with Crippen LogP contribution in [0.4, 0.5) is 4.39 Å². The van der Waals surface area contributed by atoms with Gasteiger partial charge in [-0.3, -0.25) is 9.88 Å². The molecule has 3 aromatic heterocycles. The highest BCUT2D eigenvalue weighted by molar-refractivity contribution is 5.52. The molecule has 1 aliphatic heterocycles. The maximum Gasteiger partial charge on any atom is 0.265 e. The molecular weight excluding hydrogens is 349 g/mol. The number of likely N-dealkylation sites (tertiary alicyclic amines) is 1. The van der Waals surface area contributed by atoms with Crippen LogP contribution in [0.2, 0.25) is 0 Å². The lowest BCUT2D eigenvalue weighted by atomic mass is 9.94. The zero-order valence-corrected chi connectivity index (χ0v) is 15.0. The van der Waals surface area contributed by atoms with Crippen molar-refractivity contribution in [3.8, 4) is 17.3 Å². The van der Waals surface area contributed by atoms with Crippen LogP contribution >= 0.6 is 0 Å². The van der Waals surface area contributed by atoms with E-state index in [1.165, 1.54) is 0 Å². The zero-order chi connectivity index (χ0) is 18.7. The number of nitrogens with zero attached hydrogens (tertiary/aromatic N) is 5. The first kappa shape index (κ1) is 17.5. The van der Waals surface area contributed by atoms with Gasteiger partial charge in [-0.05, 0) is 37.6 Å². The number of hydrogen-bond donors (Lipinski definition) is 0. The summed E-state index contributed by atoms with van der Waals surface area (Å²) in [7, 11) is 1.58. The minimum atomic E-state index is -1.68. The molecule has 0 bridgehead atoms. The van der Waals surface area contributed by atoms with Gasteiger partial charge in [-0.15, -0.1) is 0 Å². The second-order valence-electron chi connectivity index (χ2n) is 6.62. The van der Waals surface area contributed by atoms with Crippen molar-refractivity contribution < 1.29 is 13.7 Å². The van der Waals surface area contributed by atoms with Crippen LogP contribution in [0, 0.1) is 0 Å². The highest BCUT2D eigenvalue weighted by Gasteiger charge is 2.42. The Morgan fingerprint density at radius 2 is 2.19 bits per heavy atom. The molecule has 3 aromatic rings. The lowest BCUT2D eigenvalue weighted by molar-refractivity contribution is 0.0119. The van der Waals surface area contributed by atoms with Gasteiger partial charge in [0.1, 0.15) is 0 Å². The van der Waals surface area contributed by atoms with E-state index in [2.05, 4.69) is 20.1 Å². The van der Waals surface area contributed by atoms with E-state index in [1.54, 1.807) is 31.6 Å². The molecule has 0 radical (unpaired) electrons. The smallest absolute Gasteiger partial charge is 0.265 e. The molecule has 0 aliphatic carbocycles. The van der Waals surface area contributed by atoms with E-state index in [9.17, 15) is 0 Å². The van der Waals surface area contributed by atoms with E-state index >= 15 is 4.39 Å². The third kappa shape index (κ3) is 3.80. The zero-order valence-electron chi connectivity index (χ0n) is 15.0. The van der Waals surface area contributed by atoms with Crippen LogP contribution in [-0.4, -0.2) is 45.2 Å². The van der Waals surface area contributed by atoms with Crippen molar-refractivity contribution in [2.45, 2.75) is 25.1 Å². The summed E-state index contributed by atoms with van der Waals surface area (Å²) in [6, 6.07) is 9.17. The number of alkyl halides is 1. The molecule has 0 aromatic carbocycles. The molecular formula is C19H20FN5O2. The largest absolute Gasteiger partial charge is 0.481 e. The summed E-state index contributed by atoms with van der Waals surface area (Å²) in [5.41, 5.74) is -0.144. The fourth-order valence-electron chi connectivity index (χ4n) is 3.31. The van der Waals surface area contributed by atoms with Gasteiger partial charge >= 0.3 is 0 Å². The third-order valence-corrected chi connectivity index (χ3v) is 4.63. The van der Waals surface area contributed by atoms with Crippen molar-refractivity contribution in [2.24, 2.45) is 0 Å². The predicted molar refractivity (Wildman–Crippen MR) is 95.6 cm³/mol. The van der Waals surface area contributed by atoms with Crippen LogP contribution < -0.4 is 4.74 Å². The Hall–Kier alpha value is -2.87. The SMILES string of the molecule is COc1cccc(CN2CCCC(F)(c3nc(-c4cccnc4)no3)C2)n1. The molecule has 27 heavy (non-hydrogen) atoms. The average Bonchev–Trinajstić information content (AvgIpc) is 3.20. The molecule has 7 nitrogen and oxygen atoms in total. The summed E-state index contributed by atoms with van der Waals surface area (Å²) in [4.78, 5) is 14.7. The van der Waals surface area contributed by atoms with E-state index in [-0.39, 0.29) is 12.4 Å². The third-order valence-electron chi connectivity index (χ3n) is 4.63. The minimum absolute atomic E-state index is 0.0182. The van der Waals surface area contributed by atoms with Crippen LogP contribution in [-0.2, 0) is 12.2 Å². The van der Waals surface area contributed by atoms with Crippen molar-refractivity contribution in [3.63, 3.8) is 0 Å². The van der Waals surface area contributed by atoms with Crippen molar-refractivity contribution in [2.75, 3.05) is 20.2 Å². The van der Waals surface area contributed by atoms with Crippen LogP contribution in [0.15, 0.2) is 47.2 Å². The second kappa shape index (κ2) is 7.40. The van der Waals surface area contributed by atoms with Gasteiger partial charge in [0, 0.05) is 37.1 Å². The number of methoxy groups -OCH3 is 1. The maximum atomic E-state index is 15.6. The normalized spacial score (nSPS) is 20.5. The molecule has 1 saturated heterocycles. The molecule has 1 atom stereocenters. The Morgan fingerprint density at radius 3 is 3.00 bits per heavy atom. The number of halogens is 1. The highest BCUT2D eigenvalue weighted by Crippen LogP contribution is 2.36. The number of ether oxygens (including phenoxy) is 1. The first-order chi connectivity index (χ1) is 13.2. The number of pyridine rings is 2. The van der Waals surface area contributed by atoms with E-state index < -0.39 is 5.67 Å². The van der Waals surface area contributed by atoms with Gasteiger partial charge in [0.2, 0.25) is 17.4 Å². The fraction of sp³-hybridized carbons (Fsp3) is 0.368. The van der Waals surface area contributed by atoms with E-state index in [1.807, 2.05) is 23.1 Å². The molecule has 4 heterocycles. The minimum Gasteiger partial charge on any atom is -0.481 e. The van der Waals surface area contributed by atoms with Gasteiger partial charge in [0.25, 0.3) is 5.89 Å². The molecule has 4 rings (SSSR count). The van der Waals surface area contributed by atoms with E-state index in [4.69, 9.17) is 9.26 Å². The Labute approximate surface area is 156 Å². The Kier molecular flexibility index (Phi) is 4.81. The van der Waals surface area contributed by atoms with Gasteiger partial charge < -0.3 is 9.26 Å². The van der Waals surface area contributed by atoms with Crippen molar-refractivity contribution >= 4 is 0 Å². The van der Waals surface area contributed by atoms with Gasteiger partial charge in [-0.25, -0.2) is 9.37 Å². The highest BCUT2D eigenvalue weighted by atomic mass is 19.1. The summed E-state index contributed by atoms with van der Waals surface area (Å²) in [5, 5.41) is 3.93. The Morgan fingerprint density at radius 1 is 1.26 bits per heavy atom. The van der Waals surface area contributed by atoms with Crippen LogP contribution in [0.1, 0.15) is 24.4 Å².